The lowest BCUT2D eigenvalue weighted by Crippen LogP contribution is -2.22. The lowest BCUT2D eigenvalue weighted by molar-refractivity contribution is 0.0698. The fraction of sp³-hybridized carbons (Fsp3) is 0.429. The molecule has 1 unspecified atom stereocenters. The fourth-order valence-corrected chi connectivity index (χ4v) is 2.55. The Labute approximate surface area is 110 Å². The third-order valence-electron chi connectivity index (χ3n) is 3.43. The van der Waals surface area contributed by atoms with Gasteiger partial charge in [0.25, 0.3) is 0 Å². The second kappa shape index (κ2) is 5.30. The number of aromatic nitrogens is 2. The highest BCUT2D eigenvalue weighted by Crippen LogP contribution is 2.24. The number of carbonyl (C=O) groups is 1. The molecule has 0 spiro atoms. The number of benzene rings is 1. The lowest BCUT2D eigenvalue weighted by atomic mass is 10.1. The minimum absolute atomic E-state index is 0.0340. The molecule has 0 aliphatic heterocycles. The molecule has 19 heavy (non-hydrogen) atoms. The first-order valence-electron chi connectivity index (χ1n) is 6.56. The highest BCUT2D eigenvalue weighted by atomic mass is 16.4. The predicted molar refractivity (Wildman–Crippen MR) is 73.8 cm³/mol. The third-order valence-corrected chi connectivity index (χ3v) is 3.43. The molecule has 0 aliphatic rings. The molecular formula is C14H18N2O3. The van der Waals surface area contributed by atoms with E-state index in [4.69, 9.17) is 0 Å². The van der Waals surface area contributed by atoms with E-state index in [2.05, 4.69) is 11.9 Å². The van der Waals surface area contributed by atoms with E-state index in [1.807, 2.05) is 6.92 Å². The second-order valence-electron chi connectivity index (χ2n) is 4.66. The van der Waals surface area contributed by atoms with E-state index in [1.165, 1.54) is 6.07 Å². The molecule has 102 valence electrons. The van der Waals surface area contributed by atoms with Gasteiger partial charge in [-0.05, 0) is 25.0 Å². The van der Waals surface area contributed by atoms with Crippen molar-refractivity contribution in [2.24, 2.45) is 0 Å². The van der Waals surface area contributed by atoms with E-state index >= 15 is 0 Å². The number of hydrogen-bond donors (Lipinski definition) is 2. The largest absolute Gasteiger partial charge is 0.478 e. The summed E-state index contributed by atoms with van der Waals surface area (Å²) >= 11 is 0. The van der Waals surface area contributed by atoms with Crippen molar-refractivity contribution in [2.75, 3.05) is 0 Å². The van der Waals surface area contributed by atoms with Crippen molar-refractivity contribution in [1.82, 2.24) is 9.55 Å². The average Bonchev–Trinajstić information content (AvgIpc) is 2.71. The Kier molecular flexibility index (Phi) is 3.74. The number of aromatic amines is 1. The molecular weight excluding hydrogens is 244 g/mol. The molecule has 2 N–H and O–H groups in total. The summed E-state index contributed by atoms with van der Waals surface area (Å²) in [6, 6.07) is 4.95. The fourth-order valence-electron chi connectivity index (χ4n) is 2.55. The van der Waals surface area contributed by atoms with Crippen LogP contribution in [0.15, 0.2) is 23.0 Å². The SMILES string of the molecule is CCCC(CC)n1c(=O)[nH]c2cccc(C(=O)O)c21. The first-order chi connectivity index (χ1) is 9.10. The molecule has 1 atom stereocenters. The summed E-state index contributed by atoms with van der Waals surface area (Å²) in [6.07, 6.45) is 2.61. The lowest BCUT2D eigenvalue weighted by Gasteiger charge is -2.16. The summed E-state index contributed by atoms with van der Waals surface area (Å²) in [6.45, 7) is 4.07. The third kappa shape index (κ3) is 2.28. The highest BCUT2D eigenvalue weighted by Gasteiger charge is 2.19. The zero-order valence-corrected chi connectivity index (χ0v) is 11.1. The molecule has 0 fully saturated rings. The van der Waals surface area contributed by atoms with E-state index in [1.54, 1.807) is 16.7 Å². The van der Waals surface area contributed by atoms with Crippen LogP contribution in [0.3, 0.4) is 0 Å². The number of fused-ring (bicyclic) bond motifs is 1. The van der Waals surface area contributed by atoms with Crippen LogP contribution in [0.4, 0.5) is 0 Å². The van der Waals surface area contributed by atoms with Crippen molar-refractivity contribution in [3.8, 4) is 0 Å². The monoisotopic (exact) mass is 262 g/mol. The summed E-state index contributed by atoms with van der Waals surface area (Å²) in [5.41, 5.74) is 1.02. The number of para-hydroxylation sites is 1. The van der Waals surface area contributed by atoms with Crippen molar-refractivity contribution in [3.05, 3.63) is 34.2 Å². The van der Waals surface area contributed by atoms with Gasteiger partial charge in [-0.2, -0.15) is 0 Å². The van der Waals surface area contributed by atoms with Gasteiger partial charge in [-0.25, -0.2) is 9.59 Å². The number of carboxylic acid groups (broad SMARTS) is 1. The van der Waals surface area contributed by atoms with Gasteiger partial charge >= 0.3 is 11.7 Å². The minimum atomic E-state index is -1.01. The van der Waals surface area contributed by atoms with Crippen LogP contribution < -0.4 is 5.69 Å². The average molecular weight is 262 g/mol. The van der Waals surface area contributed by atoms with Crippen molar-refractivity contribution in [1.29, 1.82) is 0 Å². The van der Waals surface area contributed by atoms with Crippen molar-refractivity contribution < 1.29 is 9.90 Å². The van der Waals surface area contributed by atoms with Gasteiger partial charge in [0.1, 0.15) is 0 Å². The number of H-pyrrole nitrogens is 1. The summed E-state index contributed by atoms with van der Waals surface area (Å²) in [4.78, 5) is 26.2. The summed E-state index contributed by atoms with van der Waals surface area (Å²) in [7, 11) is 0. The summed E-state index contributed by atoms with van der Waals surface area (Å²) in [5, 5.41) is 9.27. The zero-order chi connectivity index (χ0) is 14.0. The van der Waals surface area contributed by atoms with Crippen LogP contribution in [0.5, 0.6) is 0 Å². The van der Waals surface area contributed by atoms with E-state index in [9.17, 15) is 14.7 Å². The van der Waals surface area contributed by atoms with Gasteiger partial charge in [0.2, 0.25) is 0 Å². The van der Waals surface area contributed by atoms with Crippen molar-refractivity contribution in [3.63, 3.8) is 0 Å². The Morgan fingerprint density at radius 2 is 2.16 bits per heavy atom. The maximum atomic E-state index is 12.1. The number of nitrogens with zero attached hydrogens (tertiary/aromatic N) is 1. The van der Waals surface area contributed by atoms with Gasteiger partial charge in [0, 0.05) is 6.04 Å². The molecule has 0 saturated heterocycles. The predicted octanol–water partition coefficient (Wildman–Crippen LogP) is 2.78. The molecule has 1 aromatic carbocycles. The first kappa shape index (κ1) is 13.4. The van der Waals surface area contributed by atoms with Gasteiger partial charge in [-0.1, -0.05) is 26.3 Å². The van der Waals surface area contributed by atoms with Gasteiger partial charge in [0.05, 0.1) is 16.6 Å². The van der Waals surface area contributed by atoms with Crippen LogP contribution >= 0.6 is 0 Å². The van der Waals surface area contributed by atoms with Crippen LogP contribution in [-0.4, -0.2) is 20.6 Å². The van der Waals surface area contributed by atoms with E-state index in [0.717, 1.165) is 19.3 Å². The number of hydrogen-bond acceptors (Lipinski definition) is 2. The smallest absolute Gasteiger partial charge is 0.337 e. The zero-order valence-electron chi connectivity index (χ0n) is 11.1. The van der Waals surface area contributed by atoms with E-state index in [0.29, 0.717) is 11.0 Å². The van der Waals surface area contributed by atoms with Crippen LogP contribution in [0.1, 0.15) is 49.5 Å². The molecule has 5 nitrogen and oxygen atoms in total. The number of nitrogens with one attached hydrogen (secondary N) is 1. The first-order valence-corrected chi connectivity index (χ1v) is 6.56. The van der Waals surface area contributed by atoms with E-state index in [-0.39, 0.29) is 17.3 Å². The van der Waals surface area contributed by atoms with Crippen LogP contribution in [-0.2, 0) is 0 Å². The normalized spacial score (nSPS) is 12.7. The Morgan fingerprint density at radius 1 is 1.42 bits per heavy atom. The summed E-state index contributed by atoms with van der Waals surface area (Å²) in [5.74, 6) is -1.01. The molecule has 0 amide bonds. The molecule has 5 heteroatoms. The number of imidazole rings is 1. The Hall–Kier alpha value is -2.04. The molecule has 0 radical (unpaired) electrons. The van der Waals surface area contributed by atoms with Gasteiger partial charge in [0.15, 0.2) is 0 Å². The van der Waals surface area contributed by atoms with Gasteiger partial charge in [-0.15, -0.1) is 0 Å². The second-order valence-corrected chi connectivity index (χ2v) is 4.66. The molecule has 0 aliphatic carbocycles. The molecule has 2 aromatic rings. The molecule has 0 saturated carbocycles. The van der Waals surface area contributed by atoms with Crippen molar-refractivity contribution in [2.45, 2.75) is 39.2 Å². The minimum Gasteiger partial charge on any atom is -0.478 e. The standard InChI is InChI=1S/C14H18N2O3/c1-3-6-9(4-2)16-12-10(13(17)18)7-5-8-11(12)15-14(16)19/h5,7-9H,3-4,6H2,1-2H3,(H,15,19)(H,17,18). The van der Waals surface area contributed by atoms with E-state index < -0.39 is 5.97 Å². The number of carboxylic acids is 1. The highest BCUT2D eigenvalue weighted by molar-refractivity contribution is 6.01. The maximum absolute atomic E-state index is 12.1. The van der Waals surface area contributed by atoms with Crippen LogP contribution in [0.2, 0.25) is 0 Å². The molecule has 1 heterocycles. The van der Waals surface area contributed by atoms with Crippen molar-refractivity contribution >= 4 is 17.0 Å². The Bertz CT molecular complexity index is 654. The number of rotatable bonds is 5. The van der Waals surface area contributed by atoms with Gasteiger partial charge in [-0.3, -0.25) is 4.57 Å². The molecule has 0 bridgehead atoms. The number of aromatic carboxylic acids is 1. The Morgan fingerprint density at radius 3 is 2.74 bits per heavy atom. The van der Waals surface area contributed by atoms with Crippen LogP contribution in [0, 0.1) is 0 Å². The maximum Gasteiger partial charge on any atom is 0.337 e. The Balaban J connectivity index is 2.75. The molecule has 1 aromatic heterocycles. The van der Waals surface area contributed by atoms with Crippen LogP contribution in [0.25, 0.3) is 11.0 Å². The summed E-state index contributed by atoms with van der Waals surface area (Å²) < 4.78 is 1.60. The quantitative estimate of drug-likeness (QED) is 0.870. The molecule has 2 rings (SSSR count). The van der Waals surface area contributed by atoms with Gasteiger partial charge < -0.3 is 10.1 Å². The topological polar surface area (TPSA) is 75.1 Å².